The summed E-state index contributed by atoms with van der Waals surface area (Å²) >= 11 is 3.11. The van der Waals surface area contributed by atoms with E-state index in [9.17, 15) is 4.79 Å². The molecule has 0 spiro atoms. The molecule has 1 amide bonds. The van der Waals surface area contributed by atoms with Gasteiger partial charge in [-0.15, -0.1) is 11.8 Å². The van der Waals surface area contributed by atoms with Gasteiger partial charge in [0, 0.05) is 16.0 Å². The predicted octanol–water partition coefficient (Wildman–Crippen LogP) is 5.92. The van der Waals surface area contributed by atoms with Crippen molar-refractivity contribution in [3.63, 3.8) is 0 Å². The first-order chi connectivity index (χ1) is 12.8. The van der Waals surface area contributed by atoms with Crippen LogP contribution in [0, 0.1) is 0 Å². The third kappa shape index (κ3) is 2.28. The van der Waals surface area contributed by atoms with E-state index in [1.54, 1.807) is 11.8 Å². The van der Waals surface area contributed by atoms with Crippen LogP contribution in [0.4, 0.5) is 5.13 Å². The lowest BCUT2D eigenvalue weighted by molar-refractivity contribution is 0.102. The molecular formula is C21H14N2OS2. The molecule has 0 unspecified atom stereocenters. The minimum atomic E-state index is -0.117. The molecule has 5 rings (SSSR count). The number of carbonyl (C=O) groups is 1. The van der Waals surface area contributed by atoms with Crippen molar-refractivity contribution in [1.29, 1.82) is 0 Å². The second kappa shape index (κ2) is 5.97. The van der Waals surface area contributed by atoms with E-state index in [-0.39, 0.29) is 5.91 Å². The Labute approximate surface area is 159 Å². The quantitative estimate of drug-likeness (QED) is 0.399. The zero-order chi connectivity index (χ0) is 17.7. The molecule has 1 aliphatic rings. The molecule has 0 radical (unpaired) electrons. The lowest BCUT2D eigenvalue weighted by Crippen LogP contribution is -2.12. The number of nitrogens with zero attached hydrogens (tertiary/aromatic N) is 1. The Bertz CT molecular complexity index is 1120. The summed E-state index contributed by atoms with van der Waals surface area (Å²) in [4.78, 5) is 19.5. The van der Waals surface area contributed by atoms with E-state index in [2.05, 4.69) is 41.7 Å². The molecule has 1 aliphatic carbocycles. The second-order valence-electron chi connectivity index (χ2n) is 6.06. The van der Waals surface area contributed by atoms with Gasteiger partial charge >= 0.3 is 0 Å². The van der Waals surface area contributed by atoms with Gasteiger partial charge in [0.25, 0.3) is 5.91 Å². The van der Waals surface area contributed by atoms with Gasteiger partial charge in [0.1, 0.15) is 0 Å². The molecule has 1 heterocycles. The minimum absolute atomic E-state index is 0.117. The van der Waals surface area contributed by atoms with Gasteiger partial charge in [-0.1, -0.05) is 59.9 Å². The Morgan fingerprint density at radius 1 is 1.00 bits per heavy atom. The largest absolute Gasteiger partial charge is 0.298 e. The van der Waals surface area contributed by atoms with Crippen molar-refractivity contribution in [2.45, 2.75) is 4.90 Å². The van der Waals surface area contributed by atoms with Crippen molar-refractivity contribution in [2.24, 2.45) is 0 Å². The molecular weight excluding hydrogens is 360 g/mol. The van der Waals surface area contributed by atoms with Crippen molar-refractivity contribution >= 4 is 44.9 Å². The van der Waals surface area contributed by atoms with Crippen LogP contribution in [0.25, 0.3) is 32.5 Å². The number of amides is 1. The van der Waals surface area contributed by atoms with E-state index in [1.807, 2.05) is 30.5 Å². The van der Waals surface area contributed by atoms with Crippen LogP contribution in [0.15, 0.2) is 65.6 Å². The SMILES string of the molecule is CSc1ccccc1C(=O)Nc1nc2c(s1)-c1cccc3cccc-2c13. The number of fused-ring (bicyclic) bond motifs is 3. The summed E-state index contributed by atoms with van der Waals surface area (Å²) in [5.74, 6) is -0.117. The van der Waals surface area contributed by atoms with Gasteiger partial charge in [0.05, 0.1) is 16.1 Å². The van der Waals surface area contributed by atoms with E-state index in [1.165, 1.54) is 27.7 Å². The molecule has 4 aromatic rings. The van der Waals surface area contributed by atoms with Crippen LogP contribution in [0.5, 0.6) is 0 Å². The van der Waals surface area contributed by atoms with E-state index < -0.39 is 0 Å². The maximum absolute atomic E-state index is 12.7. The summed E-state index contributed by atoms with van der Waals surface area (Å²) in [6.07, 6.45) is 1.97. The standard InChI is InChI=1S/C21H14N2OS2/c1-25-16-11-3-2-8-13(16)20(24)23-21-22-18-14-9-4-6-12-7-5-10-15(17(12)14)19(18)26-21/h2-11H,1H3,(H,22,23,24). The molecule has 1 aromatic heterocycles. The highest BCUT2D eigenvalue weighted by molar-refractivity contribution is 7.98. The molecule has 3 aromatic carbocycles. The fraction of sp³-hybridized carbons (Fsp3) is 0.0476. The maximum Gasteiger partial charge on any atom is 0.258 e. The summed E-state index contributed by atoms with van der Waals surface area (Å²) in [6.45, 7) is 0. The molecule has 0 saturated carbocycles. The third-order valence-corrected chi connectivity index (χ3v) is 6.40. The van der Waals surface area contributed by atoms with Crippen molar-refractivity contribution in [2.75, 3.05) is 11.6 Å². The van der Waals surface area contributed by atoms with Crippen LogP contribution in [0.1, 0.15) is 10.4 Å². The fourth-order valence-electron chi connectivity index (χ4n) is 3.46. The Morgan fingerprint density at radius 2 is 1.77 bits per heavy atom. The van der Waals surface area contributed by atoms with Gasteiger partial charge in [-0.2, -0.15) is 0 Å². The van der Waals surface area contributed by atoms with Crippen LogP contribution < -0.4 is 5.32 Å². The number of benzene rings is 3. The Morgan fingerprint density at radius 3 is 2.58 bits per heavy atom. The van der Waals surface area contributed by atoms with Gasteiger partial charge in [-0.05, 0) is 29.2 Å². The number of thioether (sulfide) groups is 1. The molecule has 0 bridgehead atoms. The molecule has 0 atom stereocenters. The Kier molecular flexibility index (Phi) is 3.58. The Balaban J connectivity index is 1.54. The third-order valence-electron chi connectivity index (χ3n) is 4.60. The van der Waals surface area contributed by atoms with Crippen LogP contribution >= 0.6 is 23.1 Å². The van der Waals surface area contributed by atoms with Crippen molar-refractivity contribution in [3.05, 3.63) is 66.2 Å². The highest BCUT2D eigenvalue weighted by Gasteiger charge is 2.26. The van der Waals surface area contributed by atoms with Gasteiger partial charge in [-0.3, -0.25) is 10.1 Å². The minimum Gasteiger partial charge on any atom is -0.298 e. The fourth-order valence-corrected chi connectivity index (χ4v) is 5.06. The molecule has 0 saturated heterocycles. The van der Waals surface area contributed by atoms with Crippen LogP contribution in [0.3, 0.4) is 0 Å². The molecule has 26 heavy (non-hydrogen) atoms. The van der Waals surface area contributed by atoms with E-state index in [0.29, 0.717) is 10.7 Å². The summed E-state index contributed by atoms with van der Waals surface area (Å²) in [7, 11) is 0. The van der Waals surface area contributed by atoms with Gasteiger partial charge < -0.3 is 0 Å². The molecule has 1 N–H and O–H groups in total. The number of anilines is 1. The van der Waals surface area contributed by atoms with Crippen molar-refractivity contribution in [1.82, 2.24) is 4.98 Å². The predicted molar refractivity (Wildman–Crippen MR) is 110 cm³/mol. The number of hydrogen-bond acceptors (Lipinski definition) is 4. The summed E-state index contributed by atoms with van der Waals surface area (Å²) < 4.78 is 0. The lowest BCUT2D eigenvalue weighted by Gasteiger charge is -2.06. The first-order valence-corrected chi connectivity index (χ1v) is 10.3. The smallest absolute Gasteiger partial charge is 0.258 e. The highest BCUT2D eigenvalue weighted by atomic mass is 32.2. The van der Waals surface area contributed by atoms with Gasteiger partial charge in [0.2, 0.25) is 0 Å². The first-order valence-electron chi connectivity index (χ1n) is 8.24. The molecule has 3 nitrogen and oxygen atoms in total. The van der Waals surface area contributed by atoms with Crippen LogP contribution in [-0.4, -0.2) is 17.1 Å². The zero-order valence-corrected chi connectivity index (χ0v) is 15.6. The lowest BCUT2D eigenvalue weighted by atomic mass is 10.0. The number of thiazole rings is 1. The average molecular weight is 374 g/mol. The normalized spacial score (nSPS) is 11.6. The number of aromatic nitrogens is 1. The van der Waals surface area contributed by atoms with E-state index >= 15 is 0 Å². The molecule has 0 fully saturated rings. The molecule has 126 valence electrons. The van der Waals surface area contributed by atoms with E-state index in [4.69, 9.17) is 4.98 Å². The molecule has 5 heteroatoms. The maximum atomic E-state index is 12.7. The zero-order valence-electron chi connectivity index (χ0n) is 13.9. The van der Waals surface area contributed by atoms with E-state index in [0.717, 1.165) is 21.0 Å². The first kappa shape index (κ1) is 15.6. The summed E-state index contributed by atoms with van der Waals surface area (Å²) in [6, 6.07) is 20.2. The number of carbonyl (C=O) groups excluding carboxylic acids is 1. The van der Waals surface area contributed by atoms with Crippen molar-refractivity contribution < 1.29 is 4.79 Å². The monoisotopic (exact) mass is 374 g/mol. The average Bonchev–Trinajstić information content (AvgIpc) is 3.21. The summed E-state index contributed by atoms with van der Waals surface area (Å²) in [5, 5.41) is 6.11. The van der Waals surface area contributed by atoms with Crippen molar-refractivity contribution in [3.8, 4) is 21.7 Å². The van der Waals surface area contributed by atoms with Crippen LogP contribution in [-0.2, 0) is 0 Å². The van der Waals surface area contributed by atoms with Gasteiger partial charge in [0.15, 0.2) is 5.13 Å². The summed E-state index contributed by atoms with van der Waals surface area (Å²) in [5.41, 5.74) is 4.00. The highest BCUT2D eigenvalue weighted by Crippen LogP contribution is 2.50. The second-order valence-corrected chi connectivity index (χ2v) is 7.91. The Hall–Kier alpha value is -2.63. The number of rotatable bonds is 3. The van der Waals surface area contributed by atoms with Gasteiger partial charge in [-0.25, -0.2) is 4.98 Å². The topological polar surface area (TPSA) is 42.0 Å². The number of nitrogens with one attached hydrogen (secondary N) is 1. The van der Waals surface area contributed by atoms with Crippen LogP contribution in [0.2, 0.25) is 0 Å². The number of hydrogen-bond donors (Lipinski definition) is 1. The molecule has 0 aliphatic heterocycles.